The van der Waals surface area contributed by atoms with Crippen molar-refractivity contribution in [1.82, 2.24) is 4.90 Å². The highest BCUT2D eigenvalue weighted by molar-refractivity contribution is 6.42. The van der Waals surface area contributed by atoms with Crippen molar-refractivity contribution in [2.24, 2.45) is 0 Å². The molecule has 3 N–H and O–H groups in total. The highest BCUT2D eigenvalue weighted by Gasteiger charge is 2.51. The van der Waals surface area contributed by atoms with Gasteiger partial charge in [0, 0.05) is 18.0 Å². The van der Waals surface area contributed by atoms with E-state index in [-0.39, 0.29) is 22.7 Å². The molecule has 8 heteroatoms. The van der Waals surface area contributed by atoms with Crippen LogP contribution in [0.25, 0.3) is 0 Å². The Labute approximate surface area is 136 Å². The predicted octanol–water partition coefficient (Wildman–Crippen LogP) is 1.73. The van der Waals surface area contributed by atoms with Crippen LogP contribution in [0.2, 0.25) is 10.0 Å². The number of ether oxygens (including phenoxy) is 1. The maximum absolute atomic E-state index is 11.9. The molecule has 1 aromatic rings. The van der Waals surface area contributed by atoms with Gasteiger partial charge in [-0.1, -0.05) is 23.2 Å². The van der Waals surface area contributed by atoms with Gasteiger partial charge in [0.1, 0.15) is 11.9 Å². The van der Waals surface area contributed by atoms with Crippen LogP contribution >= 0.6 is 23.2 Å². The quantitative estimate of drug-likeness (QED) is 0.774. The molecule has 2 saturated heterocycles. The molecule has 0 aromatic heterocycles. The van der Waals surface area contributed by atoms with Gasteiger partial charge in [0.15, 0.2) is 6.10 Å². The number of phenolic OH excluding ortho intramolecular Hbond substituents is 1. The lowest BCUT2D eigenvalue weighted by molar-refractivity contribution is -0.0135. The average Bonchev–Trinajstić information content (AvgIpc) is 3.04. The Kier molecular flexibility index (Phi) is 4.11. The summed E-state index contributed by atoms with van der Waals surface area (Å²) in [6, 6.07) is 2.60. The van der Waals surface area contributed by atoms with Crippen molar-refractivity contribution < 1.29 is 24.9 Å². The molecule has 2 aliphatic heterocycles. The molecule has 22 heavy (non-hydrogen) atoms. The monoisotopic (exact) mass is 347 g/mol. The molecular weight excluding hydrogens is 333 g/mol. The fraction of sp³-hybridized carbons (Fsp3) is 0.500. The fourth-order valence-electron chi connectivity index (χ4n) is 3.24. The zero-order valence-corrected chi connectivity index (χ0v) is 13.0. The highest BCUT2D eigenvalue weighted by Crippen LogP contribution is 2.45. The first kappa shape index (κ1) is 15.7. The third-order valence-corrected chi connectivity index (χ3v) is 5.10. The van der Waals surface area contributed by atoms with Gasteiger partial charge >= 0.3 is 6.09 Å². The van der Waals surface area contributed by atoms with E-state index in [0.29, 0.717) is 23.6 Å². The second kappa shape index (κ2) is 5.77. The van der Waals surface area contributed by atoms with E-state index >= 15 is 0 Å². The molecule has 120 valence electrons. The molecule has 0 saturated carbocycles. The number of halogens is 2. The number of nitrogens with zero attached hydrogens (tertiary/aromatic N) is 1. The molecule has 0 aliphatic carbocycles. The van der Waals surface area contributed by atoms with Crippen molar-refractivity contribution in [1.29, 1.82) is 0 Å². The van der Waals surface area contributed by atoms with Gasteiger partial charge < -0.3 is 25.0 Å². The summed E-state index contributed by atoms with van der Waals surface area (Å²) < 4.78 is 5.10. The molecule has 3 rings (SSSR count). The van der Waals surface area contributed by atoms with Crippen molar-refractivity contribution in [3.63, 3.8) is 0 Å². The van der Waals surface area contributed by atoms with Crippen molar-refractivity contribution in [2.75, 3.05) is 13.2 Å². The first-order chi connectivity index (χ1) is 10.4. The van der Waals surface area contributed by atoms with Crippen molar-refractivity contribution >= 4 is 29.3 Å². The molecule has 0 bridgehead atoms. The summed E-state index contributed by atoms with van der Waals surface area (Å²) >= 11 is 12.2. The van der Waals surface area contributed by atoms with Crippen molar-refractivity contribution in [3.05, 3.63) is 27.7 Å². The smallest absolute Gasteiger partial charge is 0.410 e. The van der Waals surface area contributed by atoms with E-state index in [2.05, 4.69) is 0 Å². The van der Waals surface area contributed by atoms with E-state index in [1.54, 1.807) is 0 Å². The molecular formula is C14H15Cl2NO5. The van der Waals surface area contributed by atoms with Gasteiger partial charge in [-0.05, 0) is 18.6 Å². The molecule has 1 amide bonds. The largest absolute Gasteiger partial charge is 0.508 e. The third kappa shape index (κ3) is 2.40. The molecule has 1 aromatic carbocycles. The number of aliphatic hydroxyl groups is 2. The van der Waals surface area contributed by atoms with E-state index < -0.39 is 24.9 Å². The van der Waals surface area contributed by atoms with E-state index in [1.807, 2.05) is 0 Å². The molecule has 0 spiro atoms. The number of fused-ring (bicyclic) bond motifs is 1. The number of hydrogen-bond acceptors (Lipinski definition) is 5. The Morgan fingerprint density at radius 3 is 2.82 bits per heavy atom. The summed E-state index contributed by atoms with van der Waals surface area (Å²) in [6.07, 6.45) is -2.01. The Bertz CT molecular complexity index is 611. The summed E-state index contributed by atoms with van der Waals surface area (Å²) in [6.45, 7) is -0.179. The minimum Gasteiger partial charge on any atom is -0.508 e. The third-order valence-electron chi connectivity index (χ3n) is 4.28. The summed E-state index contributed by atoms with van der Waals surface area (Å²) in [4.78, 5) is 13.4. The number of aliphatic hydroxyl groups excluding tert-OH is 2. The number of aromatic hydroxyl groups is 1. The number of carbonyl (C=O) groups excluding carboxylic acids is 1. The van der Waals surface area contributed by atoms with Crippen LogP contribution in [-0.4, -0.2) is 57.7 Å². The van der Waals surface area contributed by atoms with E-state index in [0.717, 1.165) is 0 Å². The van der Waals surface area contributed by atoms with Gasteiger partial charge in [-0.2, -0.15) is 0 Å². The minimum absolute atomic E-state index is 0.0215. The van der Waals surface area contributed by atoms with Crippen LogP contribution in [0.1, 0.15) is 17.9 Å². The van der Waals surface area contributed by atoms with Crippen LogP contribution in [0.4, 0.5) is 4.79 Å². The van der Waals surface area contributed by atoms with Crippen molar-refractivity contribution in [2.45, 2.75) is 30.6 Å². The first-order valence-electron chi connectivity index (χ1n) is 6.87. The molecule has 2 heterocycles. The molecule has 6 nitrogen and oxygen atoms in total. The van der Waals surface area contributed by atoms with Crippen LogP contribution in [0.15, 0.2) is 12.1 Å². The number of amides is 1. The van der Waals surface area contributed by atoms with Gasteiger partial charge in [0.05, 0.1) is 22.7 Å². The van der Waals surface area contributed by atoms with Crippen molar-refractivity contribution in [3.8, 4) is 5.75 Å². The second-order valence-electron chi connectivity index (χ2n) is 5.54. The first-order valence-corrected chi connectivity index (χ1v) is 7.62. The summed E-state index contributed by atoms with van der Waals surface area (Å²) in [5, 5.41) is 29.5. The number of phenols is 1. The Hall–Kier alpha value is -1.21. The lowest BCUT2D eigenvalue weighted by Crippen LogP contribution is -2.39. The van der Waals surface area contributed by atoms with E-state index in [9.17, 15) is 15.0 Å². The van der Waals surface area contributed by atoms with Crippen LogP contribution < -0.4 is 0 Å². The molecule has 2 aliphatic rings. The Morgan fingerprint density at radius 1 is 1.41 bits per heavy atom. The highest BCUT2D eigenvalue weighted by atomic mass is 35.5. The van der Waals surface area contributed by atoms with E-state index in [1.165, 1.54) is 17.0 Å². The van der Waals surface area contributed by atoms with Crippen LogP contribution in [0.3, 0.4) is 0 Å². The lowest BCUT2D eigenvalue weighted by atomic mass is 9.92. The molecule has 0 radical (unpaired) electrons. The topological polar surface area (TPSA) is 90.2 Å². The van der Waals surface area contributed by atoms with Gasteiger partial charge in [-0.25, -0.2) is 4.79 Å². The van der Waals surface area contributed by atoms with Gasteiger partial charge in [0.25, 0.3) is 0 Å². The summed E-state index contributed by atoms with van der Waals surface area (Å²) in [5.41, 5.74) is 0.494. The average molecular weight is 348 g/mol. The summed E-state index contributed by atoms with van der Waals surface area (Å²) in [7, 11) is 0. The maximum Gasteiger partial charge on any atom is 0.410 e. The van der Waals surface area contributed by atoms with Crippen LogP contribution in [-0.2, 0) is 4.74 Å². The zero-order chi connectivity index (χ0) is 16.0. The van der Waals surface area contributed by atoms with Crippen LogP contribution in [0.5, 0.6) is 5.75 Å². The zero-order valence-electron chi connectivity index (χ0n) is 11.4. The fourth-order valence-corrected chi connectivity index (χ4v) is 3.72. The van der Waals surface area contributed by atoms with Gasteiger partial charge in [-0.15, -0.1) is 0 Å². The van der Waals surface area contributed by atoms with Crippen LogP contribution in [0, 0.1) is 0 Å². The molecule has 1 unspecified atom stereocenters. The van der Waals surface area contributed by atoms with E-state index in [4.69, 9.17) is 33.0 Å². The predicted molar refractivity (Wildman–Crippen MR) is 79.3 cm³/mol. The molecule has 2 fully saturated rings. The number of benzene rings is 1. The Balaban J connectivity index is 1.89. The van der Waals surface area contributed by atoms with Gasteiger partial charge in [-0.3, -0.25) is 0 Å². The number of rotatable bonds is 3. The normalized spacial score (nSPS) is 28.6. The maximum atomic E-state index is 11.9. The minimum atomic E-state index is -1.14. The summed E-state index contributed by atoms with van der Waals surface area (Å²) in [5.74, 6) is -0.189. The lowest BCUT2D eigenvalue weighted by Gasteiger charge is -2.20. The standard InChI is InChI=1S/C14H15Cl2NO5/c15-7-1-2-9(19)11(12(7)16)6-3-8-13(10(20)5-18)22-14(21)17(8)4-6/h1-2,6,8,10,13,18-20H,3-5H2/t6-,8-,10?,13+/m0/s1. The second-order valence-corrected chi connectivity index (χ2v) is 6.33. The number of hydrogen-bond donors (Lipinski definition) is 3. The molecule has 4 atom stereocenters. The number of cyclic esters (lactones) is 1. The number of carbonyl (C=O) groups is 1. The van der Waals surface area contributed by atoms with Gasteiger partial charge in [0.2, 0.25) is 0 Å². The Morgan fingerprint density at radius 2 is 2.14 bits per heavy atom. The SMILES string of the molecule is O=C1O[C@@H](C(O)CO)[C@@H]2C[C@H](c3c(O)ccc(Cl)c3Cl)CN12.